The summed E-state index contributed by atoms with van der Waals surface area (Å²) in [5.74, 6) is 0.706. The standard InChI is InChI=1S/C10H18N4O3S/c1-18(15,16)6-2-5-11-10-14-13-9(17-10)7-12-8-3-4-8/h8,12H,2-7H2,1H3,(H,11,14). The molecule has 1 saturated carbocycles. The number of hydrogen-bond donors (Lipinski definition) is 2. The minimum absolute atomic E-state index is 0.157. The molecule has 18 heavy (non-hydrogen) atoms. The van der Waals surface area contributed by atoms with Gasteiger partial charge in [-0.15, -0.1) is 5.10 Å². The van der Waals surface area contributed by atoms with Gasteiger partial charge in [0.1, 0.15) is 9.84 Å². The van der Waals surface area contributed by atoms with Gasteiger partial charge in [0.05, 0.1) is 12.3 Å². The zero-order valence-corrected chi connectivity index (χ0v) is 11.2. The van der Waals surface area contributed by atoms with Crippen LogP contribution in [-0.4, -0.2) is 43.2 Å². The third-order valence-corrected chi connectivity index (χ3v) is 3.58. The lowest BCUT2D eigenvalue weighted by atomic mass is 10.5. The van der Waals surface area contributed by atoms with E-state index in [9.17, 15) is 8.42 Å². The van der Waals surface area contributed by atoms with E-state index in [2.05, 4.69) is 20.8 Å². The molecular weight excluding hydrogens is 256 g/mol. The highest BCUT2D eigenvalue weighted by Crippen LogP contribution is 2.19. The van der Waals surface area contributed by atoms with Crippen LogP contribution >= 0.6 is 0 Å². The van der Waals surface area contributed by atoms with Gasteiger partial charge in [0, 0.05) is 18.8 Å². The summed E-state index contributed by atoms with van der Waals surface area (Å²) in [4.78, 5) is 0. The maximum Gasteiger partial charge on any atom is 0.315 e. The number of nitrogens with zero attached hydrogens (tertiary/aromatic N) is 2. The van der Waals surface area contributed by atoms with Gasteiger partial charge in [-0.25, -0.2) is 8.42 Å². The number of nitrogens with one attached hydrogen (secondary N) is 2. The molecule has 1 aromatic rings. The molecule has 2 rings (SSSR count). The number of rotatable bonds is 8. The number of sulfone groups is 1. The first-order chi connectivity index (χ1) is 8.53. The van der Waals surface area contributed by atoms with Crippen molar-refractivity contribution >= 4 is 15.9 Å². The van der Waals surface area contributed by atoms with Crippen LogP contribution in [0.2, 0.25) is 0 Å². The Hall–Kier alpha value is -1.15. The van der Waals surface area contributed by atoms with Crippen molar-refractivity contribution in [3.05, 3.63) is 5.89 Å². The summed E-state index contributed by atoms with van der Waals surface area (Å²) in [5.41, 5.74) is 0. The quantitative estimate of drug-likeness (QED) is 0.652. The lowest BCUT2D eigenvalue weighted by Crippen LogP contribution is -2.15. The first-order valence-electron chi connectivity index (χ1n) is 6.00. The van der Waals surface area contributed by atoms with Crippen molar-refractivity contribution in [2.24, 2.45) is 0 Å². The summed E-state index contributed by atoms with van der Waals surface area (Å²) < 4.78 is 27.2. The number of hydrogen-bond acceptors (Lipinski definition) is 7. The fourth-order valence-corrected chi connectivity index (χ4v) is 2.11. The molecule has 0 spiro atoms. The van der Waals surface area contributed by atoms with Gasteiger partial charge < -0.3 is 15.1 Å². The Morgan fingerprint density at radius 1 is 1.39 bits per heavy atom. The minimum atomic E-state index is -2.90. The monoisotopic (exact) mass is 274 g/mol. The van der Waals surface area contributed by atoms with Crippen LogP contribution in [-0.2, 0) is 16.4 Å². The van der Waals surface area contributed by atoms with Gasteiger partial charge in [0.25, 0.3) is 0 Å². The normalized spacial score (nSPS) is 15.8. The molecule has 1 heterocycles. The molecule has 0 unspecified atom stereocenters. The summed E-state index contributed by atoms with van der Waals surface area (Å²) in [5, 5.41) is 13.9. The molecular formula is C10H18N4O3S. The van der Waals surface area contributed by atoms with Crippen molar-refractivity contribution < 1.29 is 12.8 Å². The predicted octanol–water partition coefficient (Wildman–Crippen LogP) is 0.168. The second-order valence-corrected chi connectivity index (χ2v) is 6.83. The fourth-order valence-electron chi connectivity index (χ4n) is 1.45. The van der Waals surface area contributed by atoms with Crippen molar-refractivity contribution in [1.29, 1.82) is 0 Å². The van der Waals surface area contributed by atoms with Crippen molar-refractivity contribution in [2.45, 2.75) is 31.8 Å². The Balaban J connectivity index is 1.66. The van der Waals surface area contributed by atoms with E-state index in [0.717, 1.165) is 0 Å². The number of anilines is 1. The van der Waals surface area contributed by atoms with E-state index in [1.165, 1.54) is 19.1 Å². The summed E-state index contributed by atoms with van der Waals surface area (Å²) in [7, 11) is -2.90. The van der Waals surface area contributed by atoms with Crippen LogP contribution in [0.5, 0.6) is 0 Å². The lowest BCUT2D eigenvalue weighted by molar-refractivity contribution is 0.475. The third-order valence-electron chi connectivity index (χ3n) is 2.55. The predicted molar refractivity (Wildman–Crippen MR) is 67.0 cm³/mol. The van der Waals surface area contributed by atoms with Crippen LogP contribution in [0, 0.1) is 0 Å². The Labute approximate surface area is 106 Å². The Morgan fingerprint density at radius 3 is 2.83 bits per heavy atom. The number of aromatic nitrogens is 2. The van der Waals surface area contributed by atoms with E-state index in [1.807, 2.05) is 0 Å². The minimum Gasteiger partial charge on any atom is -0.407 e. The van der Waals surface area contributed by atoms with E-state index < -0.39 is 9.84 Å². The van der Waals surface area contributed by atoms with Gasteiger partial charge >= 0.3 is 6.01 Å². The first kappa shape index (κ1) is 13.3. The largest absolute Gasteiger partial charge is 0.407 e. The highest BCUT2D eigenvalue weighted by Gasteiger charge is 2.21. The smallest absolute Gasteiger partial charge is 0.315 e. The van der Waals surface area contributed by atoms with Crippen LogP contribution in [0.25, 0.3) is 0 Å². The highest BCUT2D eigenvalue weighted by atomic mass is 32.2. The SMILES string of the molecule is CS(=O)(=O)CCCNc1nnc(CNC2CC2)o1. The molecule has 0 amide bonds. The van der Waals surface area contributed by atoms with Crippen molar-refractivity contribution in [3.63, 3.8) is 0 Å². The summed E-state index contributed by atoms with van der Waals surface area (Å²) in [6.07, 6.45) is 4.17. The van der Waals surface area contributed by atoms with Crippen molar-refractivity contribution in [3.8, 4) is 0 Å². The van der Waals surface area contributed by atoms with Crippen LogP contribution in [0.1, 0.15) is 25.2 Å². The van der Waals surface area contributed by atoms with Crippen LogP contribution < -0.4 is 10.6 Å². The van der Waals surface area contributed by atoms with E-state index in [1.54, 1.807) is 0 Å². The van der Waals surface area contributed by atoms with Crippen LogP contribution in [0.15, 0.2) is 4.42 Å². The zero-order chi connectivity index (χ0) is 13.0. The Bertz CT molecular complexity index is 481. The fraction of sp³-hybridized carbons (Fsp3) is 0.800. The molecule has 1 aliphatic rings. The maximum atomic E-state index is 10.9. The Kier molecular flexibility index (Phi) is 4.18. The topological polar surface area (TPSA) is 97.1 Å². The molecule has 1 aromatic heterocycles. The molecule has 102 valence electrons. The molecule has 2 N–H and O–H groups in total. The molecule has 0 radical (unpaired) electrons. The molecule has 0 atom stereocenters. The van der Waals surface area contributed by atoms with Crippen molar-refractivity contribution in [2.75, 3.05) is 23.9 Å². The average Bonchev–Trinajstić information content (AvgIpc) is 3.00. The first-order valence-corrected chi connectivity index (χ1v) is 8.06. The maximum absolute atomic E-state index is 10.9. The van der Waals surface area contributed by atoms with Crippen LogP contribution in [0.4, 0.5) is 6.01 Å². The second-order valence-electron chi connectivity index (χ2n) is 4.57. The van der Waals surface area contributed by atoms with E-state index in [-0.39, 0.29) is 5.75 Å². The second kappa shape index (κ2) is 5.66. The van der Waals surface area contributed by atoms with E-state index >= 15 is 0 Å². The van der Waals surface area contributed by atoms with Gasteiger partial charge in [-0.05, 0) is 19.3 Å². The molecule has 1 fully saturated rings. The van der Waals surface area contributed by atoms with E-state index in [0.29, 0.717) is 37.5 Å². The molecule has 1 aliphatic carbocycles. The van der Waals surface area contributed by atoms with E-state index in [4.69, 9.17) is 4.42 Å². The Morgan fingerprint density at radius 2 is 2.17 bits per heavy atom. The van der Waals surface area contributed by atoms with Gasteiger partial charge in [-0.2, -0.15) is 0 Å². The summed E-state index contributed by atoms with van der Waals surface area (Å²) in [6.45, 7) is 1.09. The van der Waals surface area contributed by atoms with Gasteiger partial charge in [0.15, 0.2) is 0 Å². The average molecular weight is 274 g/mol. The molecule has 8 heteroatoms. The summed E-state index contributed by atoms with van der Waals surface area (Å²) >= 11 is 0. The molecule has 0 saturated heterocycles. The van der Waals surface area contributed by atoms with Gasteiger partial charge in [-0.1, -0.05) is 5.10 Å². The zero-order valence-electron chi connectivity index (χ0n) is 10.3. The van der Waals surface area contributed by atoms with Crippen molar-refractivity contribution in [1.82, 2.24) is 15.5 Å². The highest BCUT2D eigenvalue weighted by molar-refractivity contribution is 7.90. The lowest BCUT2D eigenvalue weighted by Gasteiger charge is -2.00. The summed E-state index contributed by atoms with van der Waals surface area (Å²) in [6, 6.07) is 0.944. The van der Waals surface area contributed by atoms with Gasteiger partial charge in [-0.3, -0.25) is 0 Å². The molecule has 0 aromatic carbocycles. The molecule has 7 nitrogen and oxygen atoms in total. The van der Waals surface area contributed by atoms with Crippen LogP contribution in [0.3, 0.4) is 0 Å². The third kappa shape index (κ3) is 5.01. The molecule has 0 aliphatic heterocycles. The van der Waals surface area contributed by atoms with Gasteiger partial charge in [0.2, 0.25) is 5.89 Å². The molecule has 0 bridgehead atoms.